The van der Waals surface area contributed by atoms with Gasteiger partial charge in [-0.3, -0.25) is 0 Å². The maximum atomic E-state index is 14.0. The van der Waals surface area contributed by atoms with Crippen LogP contribution in [0.5, 0.6) is 0 Å². The van der Waals surface area contributed by atoms with Crippen LogP contribution in [0.25, 0.3) is 5.82 Å². The number of urea groups is 1. The van der Waals surface area contributed by atoms with Gasteiger partial charge in [-0.2, -0.15) is 20.7 Å². The molecule has 2 aliphatic rings. The minimum Gasteiger partial charge on any atom is -0.353 e. The number of hydrazone groups is 1. The van der Waals surface area contributed by atoms with Crippen LogP contribution in [0.2, 0.25) is 0 Å². The maximum Gasteiger partial charge on any atom is 0.341 e. The number of rotatable bonds is 3. The molecule has 3 aromatic rings. The molecule has 186 valence electrons. The van der Waals surface area contributed by atoms with Crippen molar-refractivity contribution in [1.82, 2.24) is 29.7 Å². The largest absolute Gasteiger partial charge is 0.353 e. The first-order valence-electron chi connectivity index (χ1n) is 11.7. The minimum absolute atomic E-state index is 0.205. The fraction of sp³-hybridized carbons (Fsp3) is 0.320. The molecule has 0 N–H and O–H groups in total. The molecule has 12 heteroatoms. The Morgan fingerprint density at radius 3 is 2.49 bits per heavy atom. The number of halogens is 1. The second-order valence-electron chi connectivity index (χ2n) is 8.84. The van der Waals surface area contributed by atoms with Crippen molar-refractivity contribution in [3.63, 3.8) is 0 Å². The van der Waals surface area contributed by atoms with Gasteiger partial charge in [0.05, 0.1) is 34.6 Å². The first-order valence-corrected chi connectivity index (χ1v) is 11.7. The topological polar surface area (TPSA) is 130 Å². The number of hydrogen-bond donors (Lipinski definition) is 0. The number of anilines is 1. The van der Waals surface area contributed by atoms with Crippen LogP contribution in [0.4, 0.5) is 15.0 Å². The van der Waals surface area contributed by atoms with E-state index in [1.165, 1.54) is 23.5 Å². The Balaban J connectivity index is 1.28. The molecule has 5 rings (SSSR count). The van der Waals surface area contributed by atoms with E-state index in [0.717, 1.165) is 0 Å². The summed E-state index contributed by atoms with van der Waals surface area (Å²) in [4.78, 5) is 25.8. The number of benzene rings is 1. The summed E-state index contributed by atoms with van der Waals surface area (Å²) in [5, 5.41) is 28.6. The summed E-state index contributed by atoms with van der Waals surface area (Å²) < 4.78 is 15.6. The van der Waals surface area contributed by atoms with Crippen LogP contribution in [-0.2, 0) is 0 Å². The summed E-state index contributed by atoms with van der Waals surface area (Å²) in [5.74, 6) is 0.742. The molecule has 1 aromatic carbocycles. The normalized spacial score (nSPS) is 17.1. The lowest BCUT2D eigenvalue weighted by atomic mass is 10.0. The van der Waals surface area contributed by atoms with Gasteiger partial charge in [0.2, 0.25) is 0 Å². The van der Waals surface area contributed by atoms with Crippen molar-refractivity contribution in [2.75, 3.05) is 31.1 Å². The molecule has 1 saturated heterocycles. The molecule has 2 aromatic heterocycles. The van der Waals surface area contributed by atoms with Crippen molar-refractivity contribution < 1.29 is 9.18 Å². The third kappa shape index (κ3) is 4.45. The average Bonchev–Trinajstić information content (AvgIpc) is 3.52. The highest BCUT2D eigenvalue weighted by Gasteiger charge is 2.33. The lowest BCUT2D eigenvalue weighted by Crippen LogP contribution is -2.52. The summed E-state index contributed by atoms with van der Waals surface area (Å²) in [6.45, 7) is 5.59. The molecule has 1 fully saturated rings. The average molecular weight is 499 g/mol. The van der Waals surface area contributed by atoms with Crippen LogP contribution in [0, 0.1) is 42.3 Å². The molecule has 0 saturated carbocycles. The first kappa shape index (κ1) is 23.9. The summed E-state index contributed by atoms with van der Waals surface area (Å²) in [6.07, 6.45) is 3.54. The number of carbonyl (C=O) groups excluding carboxylic acids is 1. The van der Waals surface area contributed by atoms with Crippen molar-refractivity contribution >= 4 is 18.1 Å². The molecular formula is C25H23FN10O. The second-order valence-corrected chi connectivity index (χ2v) is 8.84. The maximum absolute atomic E-state index is 14.0. The Hall–Kier alpha value is -4.84. The van der Waals surface area contributed by atoms with Gasteiger partial charge in [-0.15, -0.1) is 0 Å². The van der Waals surface area contributed by atoms with E-state index in [1.54, 1.807) is 28.8 Å². The van der Waals surface area contributed by atoms with E-state index in [0.29, 0.717) is 66.8 Å². The van der Waals surface area contributed by atoms with E-state index in [1.807, 2.05) is 19.1 Å². The highest BCUT2D eigenvalue weighted by Crippen LogP contribution is 2.31. The smallest absolute Gasteiger partial charge is 0.341 e. The van der Waals surface area contributed by atoms with E-state index in [-0.39, 0.29) is 11.6 Å². The quantitative estimate of drug-likeness (QED) is 0.543. The Kier molecular flexibility index (Phi) is 6.24. The van der Waals surface area contributed by atoms with Crippen LogP contribution in [0.15, 0.2) is 35.7 Å². The summed E-state index contributed by atoms with van der Waals surface area (Å²) >= 11 is 0. The molecule has 0 aliphatic carbocycles. The van der Waals surface area contributed by atoms with Gasteiger partial charge >= 0.3 is 6.03 Å². The number of carbonyl (C=O) groups is 1. The fourth-order valence-electron chi connectivity index (χ4n) is 4.67. The standard InChI is InChI=1S/C25H23FN10O/c1-16-21(14-28)17(2)35(32-16)24-12-23(29-15-30-24)33-5-7-34(8-6-33)25(37)36-22(3-4-31-36)19-9-18(13-27)10-20(26)11-19/h4,9-12,15,22H,3,5-8H2,1-2H3. The Morgan fingerprint density at radius 2 is 1.78 bits per heavy atom. The third-order valence-electron chi connectivity index (χ3n) is 6.59. The monoisotopic (exact) mass is 498 g/mol. The van der Waals surface area contributed by atoms with E-state index >= 15 is 0 Å². The van der Waals surface area contributed by atoms with Gasteiger partial charge in [-0.1, -0.05) is 0 Å². The van der Waals surface area contributed by atoms with Gasteiger partial charge < -0.3 is 9.80 Å². The lowest BCUT2D eigenvalue weighted by molar-refractivity contribution is 0.139. The molecular weight excluding hydrogens is 475 g/mol. The van der Waals surface area contributed by atoms with Gasteiger partial charge in [-0.25, -0.2) is 28.8 Å². The summed E-state index contributed by atoms with van der Waals surface area (Å²) in [7, 11) is 0. The molecule has 4 heterocycles. The zero-order valence-electron chi connectivity index (χ0n) is 20.3. The molecule has 2 aliphatic heterocycles. The molecule has 1 atom stereocenters. The number of amides is 2. The molecule has 0 radical (unpaired) electrons. The predicted molar refractivity (Wildman–Crippen MR) is 131 cm³/mol. The van der Waals surface area contributed by atoms with Crippen LogP contribution in [0.3, 0.4) is 0 Å². The molecule has 37 heavy (non-hydrogen) atoms. The van der Waals surface area contributed by atoms with Crippen molar-refractivity contribution in [1.29, 1.82) is 10.5 Å². The highest BCUT2D eigenvalue weighted by molar-refractivity contribution is 5.79. The predicted octanol–water partition coefficient (Wildman–Crippen LogP) is 2.84. The van der Waals surface area contributed by atoms with Crippen molar-refractivity contribution in [2.45, 2.75) is 26.3 Å². The number of hydrogen-bond acceptors (Lipinski definition) is 8. The van der Waals surface area contributed by atoms with Gasteiger partial charge in [0.1, 0.15) is 24.0 Å². The van der Waals surface area contributed by atoms with Crippen LogP contribution >= 0.6 is 0 Å². The Morgan fingerprint density at radius 1 is 1.03 bits per heavy atom. The van der Waals surface area contributed by atoms with Crippen molar-refractivity contribution in [3.8, 4) is 18.0 Å². The van der Waals surface area contributed by atoms with Crippen molar-refractivity contribution in [2.24, 2.45) is 5.10 Å². The van der Waals surface area contributed by atoms with Crippen LogP contribution < -0.4 is 4.90 Å². The zero-order chi connectivity index (χ0) is 26.1. The molecule has 0 spiro atoms. The van der Waals surface area contributed by atoms with E-state index in [2.05, 4.69) is 31.1 Å². The fourth-order valence-corrected chi connectivity index (χ4v) is 4.67. The number of aromatic nitrogens is 4. The molecule has 0 bridgehead atoms. The van der Waals surface area contributed by atoms with E-state index in [4.69, 9.17) is 0 Å². The Bertz CT molecular complexity index is 1480. The van der Waals surface area contributed by atoms with Crippen LogP contribution in [-0.4, -0.2) is 68.1 Å². The minimum atomic E-state index is -0.518. The zero-order valence-corrected chi connectivity index (χ0v) is 20.3. The number of piperazine rings is 1. The van der Waals surface area contributed by atoms with Gasteiger partial charge in [0, 0.05) is 44.9 Å². The second kappa shape index (κ2) is 9.66. The van der Waals surface area contributed by atoms with Gasteiger partial charge in [-0.05, 0) is 37.6 Å². The highest BCUT2D eigenvalue weighted by atomic mass is 19.1. The van der Waals surface area contributed by atoms with Gasteiger partial charge in [0.15, 0.2) is 5.82 Å². The number of nitriles is 2. The summed E-state index contributed by atoms with van der Waals surface area (Å²) in [6, 6.07) is 9.31. The Labute approximate surface area is 212 Å². The molecule has 1 unspecified atom stereocenters. The van der Waals surface area contributed by atoms with Crippen LogP contribution in [0.1, 0.15) is 40.5 Å². The SMILES string of the molecule is Cc1nn(-c2cc(N3CCN(C(=O)N4N=CCC4c4cc(F)cc(C#N)c4)CC3)ncn2)c(C)c1C#N. The van der Waals surface area contributed by atoms with E-state index < -0.39 is 11.9 Å². The van der Waals surface area contributed by atoms with E-state index in [9.17, 15) is 19.7 Å². The number of aryl methyl sites for hydroxylation is 1. The van der Waals surface area contributed by atoms with Gasteiger partial charge in [0.25, 0.3) is 0 Å². The van der Waals surface area contributed by atoms with Crippen molar-refractivity contribution in [3.05, 3.63) is 64.5 Å². The first-order chi connectivity index (χ1) is 17.9. The third-order valence-corrected chi connectivity index (χ3v) is 6.59. The summed E-state index contributed by atoms with van der Waals surface area (Å²) in [5.41, 5.74) is 2.62. The number of nitrogens with zero attached hydrogens (tertiary/aromatic N) is 10. The molecule has 2 amide bonds. The molecule has 11 nitrogen and oxygen atoms in total. The lowest BCUT2D eigenvalue weighted by Gasteiger charge is -2.37.